The number of ether oxygens (including phenoxy) is 1. The Labute approximate surface area is 157 Å². The first-order valence-electron chi connectivity index (χ1n) is 10.9. The minimum absolute atomic E-state index is 0.356. The second-order valence-corrected chi connectivity index (χ2v) is 9.85. The first-order valence-corrected chi connectivity index (χ1v) is 10.9. The average molecular weight is 357 g/mol. The highest BCUT2D eigenvalue weighted by molar-refractivity contribution is 5.34. The van der Waals surface area contributed by atoms with E-state index in [1.807, 2.05) is 0 Å². The van der Waals surface area contributed by atoms with Crippen molar-refractivity contribution in [1.29, 1.82) is 0 Å². The molecule has 4 bridgehead atoms. The molecule has 5 fully saturated rings. The molecule has 0 radical (unpaired) electrons. The maximum absolute atomic E-state index is 10.2. The maximum atomic E-state index is 10.2. The number of likely N-dealkylation sites (tertiary alicyclic amines) is 1. The molecule has 3 heteroatoms. The third-order valence-electron chi connectivity index (χ3n) is 7.78. The van der Waals surface area contributed by atoms with Gasteiger partial charge in [-0.15, -0.1) is 0 Å². The Balaban J connectivity index is 1.19. The number of hydrogen-bond acceptors (Lipinski definition) is 2. The van der Waals surface area contributed by atoms with Crippen LogP contribution in [0.25, 0.3) is 0 Å². The fraction of sp³-hybridized carbons (Fsp3) is 0.739. The van der Waals surface area contributed by atoms with Crippen molar-refractivity contribution in [1.82, 2.24) is 0 Å². The summed E-state index contributed by atoms with van der Waals surface area (Å²) in [6.45, 7) is 3.65. The maximum Gasteiger partial charge on any atom is 0.137 e. The number of hydrogen-bond donors (Lipinski definition) is 2. The quantitative estimate of drug-likeness (QED) is 0.821. The normalized spacial score (nSPS) is 37.2. The molecule has 0 aromatic heterocycles. The molecule has 0 amide bonds. The van der Waals surface area contributed by atoms with Gasteiger partial charge in [-0.2, -0.15) is 0 Å². The van der Waals surface area contributed by atoms with Gasteiger partial charge in [0.15, 0.2) is 0 Å². The van der Waals surface area contributed by atoms with E-state index in [1.165, 1.54) is 69.4 Å². The molecule has 2 N–H and O–H groups in total. The van der Waals surface area contributed by atoms with Crippen LogP contribution in [-0.4, -0.2) is 37.5 Å². The number of rotatable bonds is 6. The van der Waals surface area contributed by atoms with E-state index in [0.29, 0.717) is 12.0 Å². The SMILES string of the molecule is O[C@@H](COc1ccc(C23CC4CC(CC(C4)C2)C3)cc1)C[NH+]1CCCC1. The van der Waals surface area contributed by atoms with Gasteiger partial charge >= 0.3 is 0 Å². The van der Waals surface area contributed by atoms with Crippen LogP contribution in [0, 0.1) is 17.8 Å². The summed E-state index contributed by atoms with van der Waals surface area (Å²) in [5.41, 5.74) is 2.01. The monoisotopic (exact) mass is 356 g/mol. The first-order chi connectivity index (χ1) is 12.7. The highest BCUT2D eigenvalue weighted by Crippen LogP contribution is 2.60. The van der Waals surface area contributed by atoms with Gasteiger partial charge in [-0.3, -0.25) is 0 Å². The van der Waals surface area contributed by atoms with Gasteiger partial charge in [0.05, 0.1) is 13.1 Å². The summed E-state index contributed by atoms with van der Waals surface area (Å²) in [4.78, 5) is 1.53. The molecule has 1 saturated heterocycles. The number of quaternary nitrogens is 1. The lowest BCUT2D eigenvalue weighted by Gasteiger charge is -2.57. The van der Waals surface area contributed by atoms with E-state index in [0.717, 1.165) is 30.0 Å². The van der Waals surface area contributed by atoms with Gasteiger partial charge in [0.1, 0.15) is 25.0 Å². The van der Waals surface area contributed by atoms with Crippen molar-refractivity contribution in [3.05, 3.63) is 29.8 Å². The summed E-state index contributed by atoms with van der Waals surface area (Å²) < 4.78 is 5.89. The minimum Gasteiger partial charge on any atom is -0.491 e. The molecular weight excluding hydrogens is 322 g/mol. The van der Waals surface area contributed by atoms with Crippen LogP contribution >= 0.6 is 0 Å². The highest BCUT2D eigenvalue weighted by Gasteiger charge is 2.51. The first kappa shape index (κ1) is 17.1. The Kier molecular flexibility index (Phi) is 4.48. The zero-order valence-electron chi connectivity index (χ0n) is 16.0. The molecule has 142 valence electrons. The lowest BCUT2D eigenvalue weighted by Crippen LogP contribution is -3.11. The second kappa shape index (κ2) is 6.83. The van der Waals surface area contributed by atoms with Crippen LogP contribution in [0.2, 0.25) is 0 Å². The van der Waals surface area contributed by atoms with Crippen molar-refractivity contribution in [2.45, 2.75) is 62.9 Å². The lowest BCUT2D eigenvalue weighted by molar-refractivity contribution is -0.890. The number of aliphatic hydroxyl groups is 1. The molecule has 1 aliphatic heterocycles. The Hall–Kier alpha value is -1.06. The smallest absolute Gasteiger partial charge is 0.137 e. The van der Waals surface area contributed by atoms with Crippen molar-refractivity contribution in [3.8, 4) is 5.75 Å². The van der Waals surface area contributed by atoms with Crippen LogP contribution in [-0.2, 0) is 5.41 Å². The zero-order valence-corrected chi connectivity index (χ0v) is 16.0. The Bertz CT molecular complexity index is 584. The van der Waals surface area contributed by atoms with Gasteiger partial charge in [-0.1, -0.05) is 12.1 Å². The van der Waals surface area contributed by atoms with Gasteiger partial charge in [0.25, 0.3) is 0 Å². The predicted octanol–water partition coefficient (Wildman–Crippen LogP) is 2.57. The van der Waals surface area contributed by atoms with Crippen LogP contribution in [0.5, 0.6) is 5.75 Å². The predicted molar refractivity (Wildman–Crippen MR) is 103 cm³/mol. The van der Waals surface area contributed by atoms with Crippen molar-refractivity contribution >= 4 is 0 Å². The summed E-state index contributed by atoms with van der Waals surface area (Å²) in [5.74, 6) is 3.87. The Morgan fingerprint density at radius 1 is 0.962 bits per heavy atom. The van der Waals surface area contributed by atoms with Gasteiger partial charge in [-0.25, -0.2) is 0 Å². The van der Waals surface area contributed by atoms with Crippen molar-refractivity contribution in [2.24, 2.45) is 17.8 Å². The fourth-order valence-corrected chi connectivity index (χ4v) is 7.03. The van der Waals surface area contributed by atoms with Crippen LogP contribution in [0.15, 0.2) is 24.3 Å². The Morgan fingerprint density at radius 3 is 2.12 bits per heavy atom. The minimum atomic E-state index is -0.356. The summed E-state index contributed by atoms with van der Waals surface area (Å²) in [7, 11) is 0. The highest BCUT2D eigenvalue weighted by atomic mass is 16.5. The average Bonchev–Trinajstić information content (AvgIpc) is 3.12. The molecule has 1 atom stereocenters. The van der Waals surface area contributed by atoms with Crippen LogP contribution in [0.4, 0.5) is 0 Å². The summed E-state index contributed by atoms with van der Waals surface area (Å²) in [5, 5.41) is 10.2. The van der Waals surface area contributed by atoms with E-state index in [9.17, 15) is 5.11 Å². The van der Waals surface area contributed by atoms with Crippen LogP contribution < -0.4 is 9.64 Å². The van der Waals surface area contributed by atoms with Gasteiger partial charge in [-0.05, 0) is 79.4 Å². The molecule has 1 aromatic carbocycles. The topological polar surface area (TPSA) is 33.9 Å². The lowest BCUT2D eigenvalue weighted by atomic mass is 9.48. The molecule has 4 aliphatic carbocycles. The zero-order chi connectivity index (χ0) is 17.6. The van der Waals surface area contributed by atoms with E-state index in [2.05, 4.69) is 24.3 Å². The van der Waals surface area contributed by atoms with Crippen LogP contribution in [0.3, 0.4) is 0 Å². The Morgan fingerprint density at radius 2 is 1.54 bits per heavy atom. The number of nitrogens with one attached hydrogen (secondary N) is 1. The summed E-state index contributed by atoms with van der Waals surface area (Å²) in [6.07, 6.45) is 11.0. The molecule has 0 unspecified atom stereocenters. The molecule has 1 heterocycles. The molecule has 1 aromatic rings. The van der Waals surface area contributed by atoms with Gasteiger partial charge < -0.3 is 14.7 Å². The van der Waals surface area contributed by atoms with E-state index in [-0.39, 0.29) is 6.10 Å². The molecule has 0 spiro atoms. The van der Waals surface area contributed by atoms with Crippen LogP contribution in [0.1, 0.15) is 56.9 Å². The fourth-order valence-electron chi connectivity index (χ4n) is 7.03. The second-order valence-electron chi connectivity index (χ2n) is 9.85. The van der Waals surface area contributed by atoms with Gasteiger partial charge in [0.2, 0.25) is 0 Å². The molecule has 6 rings (SSSR count). The third-order valence-corrected chi connectivity index (χ3v) is 7.78. The van der Waals surface area contributed by atoms with E-state index in [4.69, 9.17) is 4.74 Å². The summed E-state index contributed by atoms with van der Waals surface area (Å²) >= 11 is 0. The van der Waals surface area contributed by atoms with Crippen molar-refractivity contribution in [2.75, 3.05) is 26.2 Å². The summed E-state index contributed by atoms with van der Waals surface area (Å²) in [6, 6.07) is 8.92. The van der Waals surface area contributed by atoms with Crippen molar-refractivity contribution in [3.63, 3.8) is 0 Å². The number of benzene rings is 1. The molecular formula is C23H34NO2+. The molecule has 26 heavy (non-hydrogen) atoms. The molecule has 4 saturated carbocycles. The number of aliphatic hydroxyl groups excluding tert-OH is 1. The van der Waals surface area contributed by atoms with Gasteiger partial charge in [0, 0.05) is 12.8 Å². The van der Waals surface area contributed by atoms with E-state index in [1.54, 1.807) is 5.56 Å². The van der Waals surface area contributed by atoms with Crippen molar-refractivity contribution < 1.29 is 14.7 Å². The third kappa shape index (κ3) is 3.29. The largest absolute Gasteiger partial charge is 0.491 e. The van der Waals surface area contributed by atoms with E-state index < -0.39 is 0 Å². The molecule has 3 nitrogen and oxygen atoms in total. The molecule has 5 aliphatic rings. The van der Waals surface area contributed by atoms with E-state index >= 15 is 0 Å². The standard InChI is InChI=1S/C23H33NO2/c25-21(15-24-7-1-2-8-24)16-26-22-5-3-20(4-6-22)23-12-17-9-18(13-23)11-19(10-17)14-23/h3-6,17-19,21,25H,1-2,7-16H2/p+1/t17?,18?,19?,21-,23?/m1/s1.